The fourth-order valence-corrected chi connectivity index (χ4v) is 4.26. The summed E-state index contributed by atoms with van der Waals surface area (Å²) in [6, 6.07) is 11.9. The summed E-state index contributed by atoms with van der Waals surface area (Å²) in [4.78, 5) is 13.3. The number of ether oxygens (including phenoxy) is 1. The van der Waals surface area contributed by atoms with Crippen LogP contribution in [-0.4, -0.2) is 21.4 Å². The van der Waals surface area contributed by atoms with Crippen LogP contribution in [0.25, 0.3) is 0 Å². The second kappa shape index (κ2) is 6.20. The number of thiophene rings is 1. The third-order valence-electron chi connectivity index (χ3n) is 3.37. The second-order valence-corrected chi connectivity index (χ2v) is 8.10. The molecule has 1 aromatic carbocycles. The third-order valence-corrected chi connectivity index (χ3v) is 6.20. The summed E-state index contributed by atoms with van der Waals surface area (Å²) in [7, 11) is -2.53. The maximum absolute atomic E-state index is 12.5. The minimum atomic E-state index is -3.90. The van der Waals surface area contributed by atoms with Gasteiger partial charge in [0, 0.05) is 12.0 Å². The molecule has 5 nitrogen and oxygen atoms in total. The fraction of sp³-hybridized carbons (Fsp3) is 0.267. The number of rotatable bonds is 5. The van der Waals surface area contributed by atoms with E-state index in [-0.39, 0.29) is 4.21 Å². The van der Waals surface area contributed by atoms with Gasteiger partial charge in [-0.25, -0.2) is 13.1 Å². The number of aryl methyl sites for hydroxylation is 1. The summed E-state index contributed by atoms with van der Waals surface area (Å²) < 4.78 is 32.0. The van der Waals surface area contributed by atoms with Gasteiger partial charge in [0.25, 0.3) is 15.9 Å². The molecule has 7 heteroatoms. The number of methoxy groups -OCH3 is 1. The molecule has 0 aliphatic heterocycles. The van der Waals surface area contributed by atoms with Crippen LogP contribution < -0.4 is 4.72 Å². The van der Waals surface area contributed by atoms with Crippen molar-refractivity contribution in [3.05, 3.63) is 52.9 Å². The first kappa shape index (κ1) is 16.7. The van der Waals surface area contributed by atoms with Crippen molar-refractivity contribution in [2.24, 2.45) is 0 Å². The summed E-state index contributed by atoms with van der Waals surface area (Å²) in [6.07, 6.45) is 0. The smallest absolute Gasteiger partial charge is 0.273 e. The van der Waals surface area contributed by atoms with Crippen molar-refractivity contribution in [1.82, 2.24) is 4.72 Å². The molecule has 1 atom stereocenters. The number of hydrogen-bond acceptors (Lipinski definition) is 5. The summed E-state index contributed by atoms with van der Waals surface area (Å²) in [6.45, 7) is 3.33. The van der Waals surface area contributed by atoms with E-state index in [0.717, 1.165) is 16.2 Å². The van der Waals surface area contributed by atoms with Gasteiger partial charge in [-0.05, 0) is 31.5 Å². The van der Waals surface area contributed by atoms with Gasteiger partial charge in [-0.15, -0.1) is 11.3 Å². The molecule has 118 valence electrons. The maximum Gasteiger partial charge on any atom is 0.273 e. The first-order valence-corrected chi connectivity index (χ1v) is 8.84. The molecule has 2 rings (SSSR count). The van der Waals surface area contributed by atoms with E-state index in [1.54, 1.807) is 37.3 Å². The van der Waals surface area contributed by atoms with Gasteiger partial charge in [0.2, 0.25) is 0 Å². The zero-order chi connectivity index (χ0) is 16.4. The normalized spacial score (nSPS) is 14.3. The molecule has 0 radical (unpaired) electrons. The molecule has 1 amide bonds. The number of benzene rings is 1. The van der Waals surface area contributed by atoms with Crippen molar-refractivity contribution >= 4 is 27.3 Å². The van der Waals surface area contributed by atoms with E-state index in [2.05, 4.69) is 4.72 Å². The predicted octanol–water partition coefficient (Wildman–Crippen LogP) is 2.42. The quantitative estimate of drug-likeness (QED) is 0.908. The maximum atomic E-state index is 12.5. The Morgan fingerprint density at radius 1 is 1.18 bits per heavy atom. The zero-order valence-electron chi connectivity index (χ0n) is 12.5. The molecule has 0 aliphatic carbocycles. The van der Waals surface area contributed by atoms with E-state index in [0.29, 0.717) is 5.56 Å². The Hall–Kier alpha value is -1.70. The Kier molecular flexibility index (Phi) is 4.69. The molecule has 22 heavy (non-hydrogen) atoms. The van der Waals surface area contributed by atoms with Gasteiger partial charge in [-0.2, -0.15) is 0 Å². The van der Waals surface area contributed by atoms with Gasteiger partial charge in [0.05, 0.1) is 0 Å². The standard InChI is InChI=1S/C15H17NO4S2/c1-11-9-10-13(21-11)22(18,19)16-14(17)15(2,20-3)12-7-5-4-6-8-12/h4-10H,1-3H3,(H,16,17). The molecule has 0 aliphatic rings. The summed E-state index contributed by atoms with van der Waals surface area (Å²) in [5, 5.41) is 0. The van der Waals surface area contributed by atoms with Crippen molar-refractivity contribution in [3.8, 4) is 0 Å². The zero-order valence-corrected chi connectivity index (χ0v) is 14.1. The average molecular weight is 339 g/mol. The van der Waals surface area contributed by atoms with Gasteiger partial charge >= 0.3 is 0 Å². The number of nitrogens with one attached hydrogen (secondary N) is 1. The molecule has 0 saturated heterocycles. The molecule has 2 aromatic rings. The Bertz CT molecular complexity index is 768. The van der Waals surface area contributed by atoms with Crippen LogP contribution in [0.15, 0.2) is 46.7 Å². The van der Waals surface area contributed by atoms with Crippen LogP contribution in [-0.2, 0) is 25.2 Å². The van der Waals surface area contributed by atoms with Crippen LogP contribution in [0.1, 0.15) is 17.4 Å². The van der Waals surface area contributed by atoms with Gasteiger partial charge in [0.15, 0.2) is 5.60 Å². The number of carbonyl (C=O) groups is 1. The number of hydrogen-bond donors (Lipinski definition) is 1. The van der Waals surface area contributed by atoms with Crippen molar-refractivity contribution in [3.63, 3.8) is 0 Å². The molecule has 0 spiro atoms. The topological polar surface area (TPSA) is 72.5 Å². The first-order valence-electron chi connectivity index (χ1n) is 6.54. The van der Waals surface area contributed by atoms with E-state index in [4.69, 9.17) is 4.74 Å². The highest BCUT2D eigenvalue weighted by Crippen LogP contribution is 2.26. The van der Waals surface area contributed by atoms with Crippen LogP contribution in [0, 0.1) is 6.92 Å². The summed E-state index contributed by atoms with van der Waals surface area (Å²) in [5.74, 6) is -0.729. The molecule has 1 unspecified atom stereocenters. The molecule has 1 N–H and O–H groups in total. The largest absolute Gasteiger partial charge is 0.364 e. The highest BCUT2D eigenvalue weighted by atomic mass is 32.2. The van der Waals surface area contributed by atoms with Gasteiger partial charge in [-0.1, -0.05) is 30.3 Å². The van der Waals surface area contributed by atoms with Crippen LogP contribution in [0.3, 0.4) is 0 Å². The highest BCUT2D eigenvalue weighted by molar-refractivity contribution is 7.92. The van der Waals surface area contributed by atoms with Crippen LogP contribution in [0.5, 0.6) is 0 Å². The molecular formula is C15H17NO4S2. The molecule has 0 bridgehead atoms. The van der Waals surface area contributed by atoms with Gasteiger partial charge in [-0.3, -0.25) is 4.79 Å². The van der Waals surface area contributed by atoms with Crippen molar-refractivity contribution in [2.75, 3.05) is 7.11 Å². The van der Waals surface area contributed by atoms with E-state index in [1.807, 2.05) is 6.07 Å². The van der Waals surface area contributed by atoms with Crippen LogP contribution >= 0.6 is 11.3 Å². The second-order valence-electron chi connectivity index (χ2n) is 4.90. The Labute approximate surface area is 134 Å². The van der Waals surface area contributed by atoms with Gasteiger partial charge < -0.3 is 4.74 Å². The van der Waals surface area contributed by atoms with Crippen molar-refractivity contribution in [2.45, 2.75) is 23.7 Å². The predicted molar refractivity (Wildman–Crippen MR) is 85.2 cm³/mol. The lowest BCUT2D eigenvalue weighted by atomic mass is 9.95. The summed E-state index contributed by atoms with van der Waals surface area (Å²) >= 11 is 1.11. The Morgan fingerprint density at radius 3 is 2.32 bits per heavy atom. The molecular weight excluding hydrogens is 322 g/mol. The van der Waals surface area contributed by atoms with Crippen molar-refractivity contribution in [1.29, 1.82) is 0 Å². The first-order chi connectivity index (χ1) is 10.3. The lowest BCUT2D eigenvalue weighted by molar-refractivity contribution is -0.140. The van der Waals surface area contributed by atoms with E-state index in [1.165, 1.54) is 20.1 Å². The number of amides is 1. The highest BCUT2D eigenvalue weighted by Gasteiger charge is 2.38. The number of carbonyl (C=O) groups excluding carboxylic acids is 1. The van der Waals surface area contributed by atoms with E-state index < -0.39 is 21.5 Å². The van der Waals surface area contributed by atoms with Gasteiger partial charge in [0.1, 0.15) is 4.21 Å². The minimum Gasteiger partial charge on any atom is -0.364 e. The lowest BCUT2D eigenvalue weighted by Crippen LogP contribution is -2.45. The van der Waals surface area contributed by atoms with Crippen molar-refractivity contribution < 1.29 is 17.9 Å². The average Bonchev–Trinajstić information content (AvgIpc) is 2.94. The fourth-order valence-electron chi connectivity index (χ4n) is 1.92. The van der Waals surface area contributed by atoms with Crippen LogP contribution in [0.2, 0.25) is 0 Å². The number of sulfonamides is 1. The summed E-state index contributed by atoms with van der Waals surface area (Å²) in [5.41, 5.74) is -0.812. The monoisotopic (exact) mass is 339 g/mol. The van der Waals surface area contributed by atoms with Crippen LogP contribution in [0.4, 0.5) is 0 Å². The molecule has 0 fully saturated rings. The SMILES string of the molecule is COC(C)(C(=O)NS(=O)(=O)c1ccc(C)s1)c1ccccc1. The Morgan fingerprint density at radius 2 is 1.82 bits per heavy atom. The van der Waals surface area contributed by atoms with E-state index in [9.17, 15) is 13.2 Å². The minimum absolute atomic E-state index is 0.102. The Balaban J connectivity index is 2.31. The molecule has 1 aromatic heterocycles. The van der Waals surface area contributed by atoms with E-state index >= 15 is 0 Å². The molecule has 0 saturated carbocycles. The lowest BCUT2D eigenvalue weighted by Gasteiger charge is -2.26. The molecule has 1 heterocycles. The third kappa shape index (κ3) is 3.21.